The van der Waals surface area contributed by atoms with Gasteiger partial charge in [0.2, 0.25) is 0 Å². The Morgan fingerprint density at radius 3 is 2.85 bits per heavy atom. The largest absolute Gasteiger partial charge is 0.488 e. The second-order valence-corrected chi connectivity index (χ2v) is 5.14. The fourth-order valence-electron chi connectivity index (χ4n) is 2.11. The summed E-state index contributed by atoms with van der Waals surface area (Å²) in [5, 5.41) is 10.8. The summed E-state index contributed by atoms with van der Waals surface area (Å²) in [6.07, 6.45) is 1.01. The van der Waals surface area contributed by atoms with Crippen molar-refractivity contribution < 1.29 is 19.4 Å². The maximum atomic E-state index is 11.1. The monoisotopic (exact) mass is 291 g/mol. The third-order valence-corrected chi connectivity index (χ3v) is 3.76. The van der Waals surface area contributed by atoms with E-state index in [4.69, 9.17) is 14.6 Å². The Morgan fingerprint density at radius 1 is 1.40 bits per heavy atom. The molecule has 104 valence electrons. The first-order chi connectivity index (χ1) is 9.74. The van der Waals surface area contributed by atoms with E-state index in [0.717, 1.165) is 35.9 Å². The van der Waals surface area contributed by atoms with Gasteiger partial charge in [-0.05, 0) is 29.2 Å². The van der Waals surface area contributed by atoms with Gasteiger partial charge in [0.1, 0.15) is 11.9 Å². The predicted molar refractivity (Wildman–Crippen MR) is 74.4 cm³/mol. The molecule has 1 aromatic heterocycles. The number of rotatable bonds is 4. The Labute approximate surface area is 119 Å². The Balaban J connectivity index is 1.78. The van der Waals surface area contributed by atoms with Crippen molar-refractivity contribution in [1.29, 1.82) is 0 Å². The SMILES string of the molecule is O=C(O)c1nscc1-c1ccc(OC2CCOC2)cc1. The number of benzene rings is 1. The second-order valence-electron chi connectivity index (χ2n) is 4.51. The molecule has 2 heterocycles. The van der Waals surface area contributed by atoms with Crippen molar-refractivity contribution in [3.8, 4) is 16.9 Å². The lowest BCUT2D eigenvalue weighted by atomic mass is 10.1. The minimum absolute atomic E-state index is 0.0906. The van der Waals surface area contributed by atoms with Crippen LogP contribution in [-0.4, -0.2) is 34.8 Å². The van der Waals surface area contributed by atoms with E-state index in [0.29, 0.717) is 12.2 Å². The zero-order valence-corrected chi connectivity index (χ0v) is 11.4. The Bertz CT molecular complexity index is 602. The fraction of sp³-hybridized carbons (Fsp3) is 0.286. The van der Waals surface area contributed by atoms with Crippen molar-refractivity contribution in [1.82, 2.24) is 4.37 Å². The van der Waals surface area contributed by atoms with Crippen LogP contribution in [0.5, 0.6) is 5.75 Å². The molecule has 1 saturated heterocycles. The van der Waals surface area contributed by atoms with Gasteiger partial charge in [0, 0.05) is 17.4 Å². The fourth-order valence-corrected chi connectivity index (χ4v) is 2.79. The van der Waals surface area contributed by atoms with Crippen LogP contribution >= 0.6 is 11.5 Å². The molecule has 0 radical (unpaired) electrons. The number of carbonyl (C=O) groups is 1. The van der Waals surface area contributed by atoms with Crippen LogP contribution in [0.25, 0.3) is 11.1 Å². The number of aromatic carboxylic acids is 1. The van der Waals surface area contributed by atoms with Crippen LogP contribution in [0.15, 0.2) is 29.6 Å². The van der Waals surface area contributed by atoms with Gasteiger partial charge < -0.3 is 14.6 Å². The maximum Gasteiger partial charge on any atom is 0.356 e. The highest BCUT2D eigenvalue weighted by Crippen LogP contribution is 2.27. The molecule has 5 nitrogen and oxygen atoms in total. The summed E-state index contributed by atoms with van der Waals surface area (Å²) in [6, 6.07) is 7.39. The van der Waals surface area contributed by atoms with Crippen LogP contribution in [-0.2, 0) is 4.74 Å². The van der Waals surface area contributed by atoms with E-state index < -0.39 is 5.97 Å². The number of carboxylic acid groups (broad SMARTS) is 1. The van der Waals surface area contributed by atoms with Crippen LogP contribution in [0, 0.1) is 0 Å². The highest BCUT2D eigenvalue weighted by molar-refractivity contribution is 7.04. The summed E-state index contributed by atoms with van der Waals surface area (Å²) in [5.74, 6) is -0.242. The molecule has 0 saturated carbocycles. The number of nitrogens with zero attached hydrogens (tertiary/aromatic N) is 1. The van der Waals surface area contributed by atoms with Crippen molar-refractivity contribution in [3.05, 3.63) is 35.3 Å². The molecule has 1 aliphatic rings. The van der Waals surface area contributed by atoms with Crippen molar-refractivity contribution in [3.63, 3.8) is 0 Å². The van der Waals surface area contributed by atoms with Crippen LogP contribution in [0.4, 0.5) is 0 Å². The van der Waals surface area contributed by atoms with Gasteiger partial charge in [-0.3, -0.25) is 0 Å². The summed E-state index contributed by atoms with van der Waals surface area (Å²) in [6.45, 7) is 1.37. The molecule has 3 rings (SSSR count). The first-order valence-corrected chi connectivity index (χ1v) is 7.10. The van der Waals surface area contributed by atoms with Crippen LogP contribution < -0.4 is 4.74 Å². The number of hydrogen-bond donors (Lipinski definition) is 1. The Kier molecular flexibility index (Phi) is 3.66. The summed E-state index contributed by atoms with van der Waals surface area (Å²) in [4.78, 5) is 11.1. The van der Waals surface area contributed by atoms with E-state index in [9.17, 15) is 4.79 Å². The third-order valence-electron chi connectivity index (χ3n) is 3.13. The second kappa shape index (κ2) is 5.60. The van der Waals surface area contributed by atoms with Crippen molar-refractivity contribution >= 4 is 17.5 Å². The summed E-state index contributed by atoms with van der Waals surface area (Å²) < 4.78 is 14.9. The van der Waals surface area contributed by atoms with Gasteiger partial charge in [0.15, 0.2) is 5.69 Å². The molecule has 1 aromatic carbocycles. The molecule has 1 N–H and O–H groups in total. The van der Waals surface area contributed by atoms with Crippen molar-refractivity contribution in [2.45, 2.75) is 12.5 Å². The number of aromatic nitrogens is 1. The lowest BCUT2D eigenvalue weighted by Crippen LogP contribution is -2.15. The highest BCUT2D eigenvalue weighted by Gasteiger charge is 2.18. The van der Waals surface area contributed by atoms with Gasteiger partial charge in [0.25, 0.3) is 0 Å². The normalized spacial score (nSPS) is 18.1. The Hall–Kier alpha value is -1.92. The van der Waals surface area contributed by atoms with Gasteiger partial charge >= 0.3 is 5.97 Å². The molecule has 1 fully saturated rings. The van der Waals surface area contributed by atoms with Crippen molar-refractivity contribution in [2.75, 3.05) is 13.2 Å². The molecule has 20 heavy (non-hydrogen) atoms. The topological polar surface area (TPSA) is 68.7 Å². The Morgan fingerprint density at radius 2 is 2.20 bits per heavy atom. The summed E-state index contributed by atoms with van der Waals surface area (Å²) in [7, 11) is 0. The molecule has 2 aromatic rings. The van der Waals surface area contributed by atoms with Crippen LogP contribution in [0.2, 0.25) is 0 Å². The number of ether oxygens (including phenoxy) is 2. The molecule has 0 bridgehead atoms. The lowest BCUT2D eigenvalue weighted by molar-refractivity contribution is 0.0693. The lowest BCUT2D eigenvalue weighted by Gasteiger charge is -2.12. The first-order valence-electron chi connectivity index (χ1n) is 6.26. The minimum Gasteiger partial charge on any atom is -0.488 e. The number of carboxylic acids is 1. The van der Waals surface area contributed by atoms with Gasteiger partial charge in [-0.2, -0.15) is 4.37 Å². The molecule has 0 aliphatic carbocycles. The molecule has 1 aliphatic heterocycles. The highest BCUT2D eigenvalue weighted by atomic mass is 32.1. The standard InChI is InChI=1S/C14H13NO4S/c16-14(17)13-12(8-20-15-13)9-1-3-10(4-2-9)19-11-5-6-18-7-11/h1-4,8,11H,5-7H2,(H,16,17). The maximum absolute atomic E-state index is 11.1. The average molecular weight is 291 g/mol. The third kappa shape index (κ3) is 2.66. The van der Waals surface area contributed by atoms with Gasteiger partial charge in [0.05, 0.1) is 13.2 Å². The molecule has 0 amide bonds. The van der Waals surface area contributed by atoms with E-state index in [2.05, 4.69) is 4.37 Å². The molecule has 0 spiro atoms. The average Bonchev–Trinajstić information content (AvgIpc) is 3.10. The summed E-state index contributed by atoms with van der Waals surface area (Å²) in [5.41, 5.74) is 1.55. The van der Waals surface area contributed by atoms with Gasteiger partial charge in [-0.1, -0.05) is 12.1 Å². The van der Waals surface area contributed by atoms with Gasteiger partial charge in [-0.25, -0.2) is 4.79 Å². The molecular formula is C14H13NO4S. The van der Waals surface area contributed by atoms with Crippen LogP contribution in [0.3, 0.4) is 0 Å². The molecule has 6 heteroatoms. The van der Waals surface area contributed by atoms with Gasteiger partial charge in [-0.15, -0.1) is 0 Å². The minimum atomic E-state index is -1.01. The molecule has 1 unspecified atom stereocenters. The van der Waals surface area contributed by atoms with E-state index in [1.165, 1.54) is 0 Å². The van der Waals surface area contributed by atoms with E-state index in [1.54, 1.807) is 5.38 Å². The van der Waals surface area contributed by atoms with E-state index in [-0.39, 0.29) is 11.8 Å². The quantitative estimate of drug-likeness (QED) is 0.938. The van der Waals surface area contributed by atoms with Crippen LogP contribution in [0.1, 0.15) is 16.9 Å². The molecular weight excluding hydrogens is 278 g/mol. The first kappa shape index (κ1) is 13.1. The van der Waals surface area contributed by atoms with E-state index in [1.807, 2.05) is 24.3 Å². The molecule has 1 atom stereocenters. The zero-order valence-electron chi connectivity index (χ0n) is 10.6. The smallest absolute Gasteiger partial charge is 0.356 e. The predicted octanol–water partition coefficient (Wildman–Crippen LogP) is 2.68. The zero-order chi connectivity index (χ0) is 13.9. The van der Waals surface area contributed by atoms with Crippen molar-refractivity contribution in [2.24, 2.45) is 0 Å². The summed E-state index contributed by atoms with van der Waals surface area (Å²) >= 11 is 1.14. The van der Waals surface area contributed by atoms with E-state index >= 15 is 0 Å². The number of hydrogen-bond acceptors (Lipinski definition) is 5.